The van der Waals surface area contributed by atoms with Gasteiger partial charge in [0.1, 0.15) is 6.61 Å². The van der Waals surface area contributed by atoms with Gasteiger partial charge in [-0.15, -0.1) is 0 Å². The molecule has 18 heavy (non-hydrogen) atoms. The van der Waals surface area contributed by atoms with Crippen LogP contribution in [0.3, 0.4) is 0 Å². The fraction of sp³-hybridized carbons (Fsp3) is 0.846. The second-order valence-electron chi connectivity index (χ2n) is 4.91. The quantitative estimate of drug-likeness (QED) is 0.676. The topological polar surface area (TPSA) is 75.6 Å². The van der Waals surface area contributed by atoms with Crippen LogP contribution in [0, 0.1) is 11.8 Å². The molecule has 1 amide bonds. The third kappa shape index (κ3) is 5.49. The lowest BCUT2D eigenvalue weighted by molar-refractivity contribution is -0.143. The number of ether oxygens (including phenoxy) is 1. The predicted octanol–water partition coefficient (Wildman–Crippen LogP) is 1.42. The van der Waals surface area contributed by atoms with Gasteiger partial charge >= 0.3 is 5.97 Å². The fourth-order valence-corrected chi connectivity index (χ4v) is 2.23. The summed E-state index contributed by atoms with van der Waals surface area (Å²) in [5.74, 6) is -0.546. The van der Waals surface area contributed by atoms with Gasteiger partial charge in [0.05, 0.1) is 5.92 Å². The number of carboxylic acids is 1. The van der Waals surface area contributed by atoms with Crippen LogP contribution in [0.15, 0.2) is 0 Å². The van der Waals surface area contributed by atoms with E-state index in [0.29, 0.717) is 19.1 Å². The van der Waals surface area contributed by atoms with Gasteiger partial charge in [-0.3, -0.25) is 9.59 Å². The number of hydrogen-bond donors (Lipinski definition) is 2. The zero-order valence-corrected chi connectivity index (χ0v) is 11.0. The molecule has 5 nitrogen and oxygen atoms in total. The van der Waals surface area contributed by atoms with Crippen molar-refractivity contribution >= 4 is 11.9 Å². The first kappa shape index (κ1) is 15.0. The number of rotatable bonds is 7. The molecular weight excluding hydrogens is 234 g/mol. The Hall–Kier alpha value is -1.10. The Labute approximate surface area is 108 Å². The average molecular weight is 257 g/mol. The van der Waals surface area contributed by atoms with E-state index in [1.807, 2.05) is 6.92 Å². The summed E-state index contributed by atoms with van der Waals surface area (Å²) in [7, 11) is 0. The van der Waals surface area contributed by atoms with Crippen molar-refractivity contribution in [3.8, 4) is 0 Å². The molecule has 0 bridgehead atoms. The summed E-state index contributed by atoms with van der Waals surface area (Å²) in [6.07, 6.45) is 4.12. The Balaban J connectivity index is 2.10. The summed E-state index contributed by atoms with van der Waals surface area (Å²) >= 11 is 0. The minimum Gasteiger partial charge on any atom is -0.481 e. The van der Waals surface area contributed by atoms with Crippen LogP contribution in [0.25, 0.3) is 0 Å². The number of nitrogens with one attached hydrogen (secondary N) is 1. The van der Waals surface area contributed by atoms with Gasteiger partial charge in [-0.25, -0.2) is 0 Å². The zero-order chi connectivity index (χ0) is 13.4. The third-order valence-electron chi connectivity index (χ3n) is 3.37. The van der Waals surface area contributed by atoms with Gasteiger partial charge in [0, 0.05) is 13.2 Å². The third-order valence-corrected chi connectivity index (χ3v) is 3.37. The van der Waals surface area contributed by atoms with Gasteiger partial charge in [-0.05, 0) is 38.0 Å². The number of carboxylic acid groups (broad SMARTS) is 1. The van der Waals surface area contributed by atoms with Crippen LogP contribution in [-0.4, -0.2) is 36.7 Å². The Kier molecular flexibility index (Phi) is 6.72. The van der Waals surface area contributed by atoms with Crippen molar-refractivity contribution in [3.63, 3.8) is 0 Å². The molecule has 1 aliphatic rings. The molecule has 1 rings (SSSR count). The largest absolute Gasteiger partial charge is 0.481 e. The van der Waals surface area contributed by atoms with Crippen LogP contribution in [0.1, 0.15) is 39.0 Å². The molecule has 0 spiro atoms. The Bertz CT molecular complexity index is 272. The van der Waals surface area contributed by atoms with Gasteiger partial charge in [-0.1, -0.05) is 6.92 Å². The number of amides is 1. The lowest BCUT2D eigenvalue weighted by atomic mass is 9.82. The Morgan fingerprint density at radius 3 is 2.50 bits per heavy atom. The van der Waals surface area contributed by atoms with Gasteiger partial charge in [0.2, 0.25) is 5.91 Å². The molecule has 2 N–H and O–H groups in total. The van der Waals surface area contributed by atoms with Gasteiger partial charge < -0.3 is 15.2 Å². The van der Waals surface area contributed by atoms with Crippen molar-refractivity contribution in [2.45, 2.75) is 39.0 Å². The monoisotopic (exact) mass is 257 g/mol. The molecule has 0 aliphatic heterocycles. The molecular formula is C13H23NO4. The second kappa shape index (κ2) is 8.08. The number of carbonyl (C=O) groups is 2. The van der Waals surface area contributed by atoms with E-state index in [2.05, 4.69) is 5.32 Å². The second-order valence-corrected chi connectivity index (χ2v) is 4.91. The van der Waals surface area contributed by atoms with Crippen molar-refractivity contribution in [3.05, 3.63) is 0 Å². The summed E-state index contributed by atoms with van der Waals surface area (Å²) in [5, 5.41) is 11.7. The fourth-order valence-electron chi connectivity index (χ4n) is 2.23. The zero-order valence-electron chi connectivity index (χ0n) is 11.0. The van der Waals surface area contributed by atoms with Crippen molar-refractivity contribution in [1.82, 2.24) is 5.32 Å². The summed E-state index contributed by atoms with van der Waals surface area (Å²) < 4.78 is 5.14. The molecule has 0 aromatic heterocycles. The highest BCUT2D eigenvalue weighted by Crippen LogP contribution is 2.28. The Morgan fingerprint density at radius 2 is 1.94 bits per heavy atom. The molecule has 1 saturated carbocycles. The minimum absolute atomic E-state index is 0.0798. The van der Waals surface area contributed by atoms with Crippen LogP contribution >= 0.6 is 0 Å². The molecule has 1 aliphatic carbocycles. The van der Waals surface area contributed by atoms with E-state index < -0.39 is 5.97 Å². The summed E-state index contributed by atoms with van der Waals surface area (Å²) in [6, 6.07) is 0. The Morgan fingerprint density at radius 1 is 1.28 bits per heavy atom. The molecule has 0 aromatic carbocycles. The first-order valence-corrected chi connectivity index (χ1v) is 6.70. The predicted molar refractivity (Wildman–Crippen MR) is 67.2 cm³/mol. The normalized spacial score (nSPS) is 23.6. The van der Waals surface area contributed by atoms with E-state index in [0.717, 1.165) is 32.1 Å². The van der Waals surface area contributed by atoms with Crippen LogP contribution in [0.2, 0.25) is 0 Å². The lowest BCUT2D eigenvalue weighted by Gasteiger charge is -2.26. The first-order valence-electron chi connectivity index (χ1n) is 6.70. The minimum atomic E-state index is -0.689. The van der Waals surface area contributed by atoms with E-state index in [1.165, 1.54) is 0 Å². The van der Waals surface area contributed by atoms with E-state index in [9.17, 15) is 9.59 Å². The van der Waals surface area contributed by atoms with Crippen molar-refractivity contribution in [2.75, 3.05) is 19.8 Å². The SMILES string of the molecule is CCCOCC(=O)NCC1CCC(C(=O)O)CC1. The van der Waals surface area contributed by atoms with E-state index in [1.54, 1.807) is 0 Å². The highest BCUT2D eigenvalue weighted by Gasteiger charge is 2.25. The van der Waals surface area contributed by atoms with Crippen LogP contribution in [-0.2, 0) is 14.3 Å². The highest BCUT2D eigenvalue weighted by atomic mass is 16.5. The van der Waals surface area contributed by atoms with Crippen LogP contribution in [0.5, 0.6) is 0 Å². The molecule has 0 heterocycles. The molecule has 0 saturated heterocycles. The molecule has 1 fully saturated rings. The average Bonchev–Trinajstić information content (AvgIpc) is 2.37. The molecule has 104 valence electrons. The van der Waals surface area contributed by atoms with Crippen LogP contribution < -0.4 is 5.32 Å². The van der Waals surface area contributed by atoms with E-state index in [4.69, 9.17) is 9.84 Å². The summed E-state index contributed by atoms with van der Waals surface area (Å²) in [4.78, 5) is 22.2. The number of hydrogen-bond acceptors (Lipinski definition) is 3. The first-order chi connectivity index (χ1) is 8.63. The number of carbonyl (C=O) groups excluding carboxylic acids is 1. The van der Waals surface area contributed by atoms with Crippen molar-refractivity contribution in [1.29, 1.82) is 0 Å². The van der Waals surface area contributed by atoms with Gasteiger partial charge in [-0.2, -0.15) is 0 Å². The van der Waals surface area contributed by atoms with E-state index in [-0.39, 0.29) is 18.4 Å². The van der Waals surface area contributed by atoms with Crippen molar-refractivity contribution in [2.24, 2.45) is 11.8 Å². The molecule has 5 heteroatoms. The highest BCUT2D eigenvalue weighted by molar-refractivity contribution is 5.77. The van der Waals surface area contributed by atoms with Gasteiger partial charge in [0.25, 0.3) is 0 Å². The van der Waals surface area contributed by atoms with Crippen LogP contribution in [0.4, 0.5) is 0 Å². The maximum atomic E-state index is 11.4. The smallest absolute Gasteiger partial charge is 0.306 e. The molecule has 0 radical (unpaired) electrons. The molecule has 0 unspecified atom stereocenters. The van der Waals surface area contributed by atoms with Crippen molar-refractivity contribution < 1.29 is 19.4 Å². The lowest BCUT2D eigenvalue weighted by Crippen LogP contribution is -2.34. The van der Waals surface area contributed by atoms with E-state index >= 15 is 0 Å². The molecule has 0 atom stereocenters. The number of aliphatic carboxylic acids is 1. The standard InChI is InChI=1S/C13H23NO4/c1-2-7-18-9-12(15)14-8-10-3-5-11(6-4-10)13(16)17/h10-11H,2-9H2,1H3,(H,14,15)(H,16,17). The molecule has 0 aromatic rings. The summed E-state index contributed by atoms with van der Waals surface area (Å²) in [5.41, 5.74) is 0. The van der Waals surface area contributed by atoms with Gasteiger partial charge in [0.15, 0.2) is 0 Å². The maximum absolute atomic E-state index is 11.4. The summed E-state index contributed by atoms with van der Waals surface area (Å²) in [6.45, 7) is 3.37. The maximum Gasteiger partial charge on any atom is 0.306 e.